The molecule has 0 spiro atoms. The molecule has 82 valence electrons. The van der Waals surface area contributed by atoms with Crippen LogP contribution in [0.5, 0.6) is 0 Å². The van der Waals surface area contributed by atoms with Gasteiger partial charge in [-0.25, -0.2) is 4.39 Å². The monoisotopic (exact) mass is 228 g/mol. The molecule has 0 aliphatic heterocycles. The number of hydrogen-bond acceptors (Lipinski definition) is 3. The molecule has 0 aromatic heterocycles. The van der Waals surface area contributed by atoms with Crippen LogP contribution in [0.1, 0.15) is 6.42 Å². The van der Waals surface area contributed by atoms with Gasteiger partial charge in [0, 0.05) is 29.8 Å². The van der Waals surface area contributed by atoms with Crippen LogP contribution in [0.2, 0.25) is 0 Å². The van der Waals surface area contributed by atoms with Gasteiger partial charge in [-0.3, -0.25) is 4.79 Å². The summed E-state index contributed by atoms with van der Waals surface area (Å²) in [5.41, 5.74) is 5.82. The fourth-order valence-corrected chi connectivity index (χ4v) is 1.88. The Hall–Kier alpha value is -1.23. The highest BCUT2D eigenvalue weighted by Crippen LogP contribution is 2.23. The molecule has 1 aromatic rings. The molecule has 0 saturated carbocycles. The largest absolute Gasteiger partial charge is 0.399 e. The minimum atomic E-state index is -0.336. The van der Waals surface area contributed by atoms with Gasteiger partial charge in [-0.2, -0.15) is 0 Å². The maximum atomic E-state index is 13.3. The van der Waals surface area contributed by atoms with Gasteiger partial charge in [0.2, 0.25) is 5.91 Å². The molecule has 0 fully saturated rings. The number of rotatable bonds is 4. The van der Waals surface area contributed by atoms with Crippen molar-refractivity contribution in [2.24, 2.45) is 0 Å². The lowest BCUT2D eigenvalue weighted by Gasteiger charge is -2.03. The Balaban J connectivity index is 2.47. The predicted octanol–water partition coefficient (Wildman–Crippen LogP) is 1.64. The van der Waals surface area contributed by atoms with E-state index in [1.165, 1.54) is 17.8 Å². The van der Waals surface area contributed by atoms with Crippen LogP contribution in [0.25, 0.3) is 0 Å². The van der Waals surface area contributed by atoms with Crippen molar-refractivity contribution in [3.05, 3.63) is 24.0 Å². The first-order valence-corrected chi connectivity index (χ1v) is 5.50. The number of nitrogens with two attached hydrogens (primary N) is 1. The van der Waals surface area contributed by atoms with Gasteiger partial charge < -0.3 is 11.1 Å². The smallest absolute Gasteiger partial charge is 0.220 e. The number of thioether (sulfide) groups is 1. The summed E-state index contributed by atoms with van der Waals surface area (Å²) in [7, 11) is 1.58. The summed E-state index contributed by atoms with van der Waals surface area (Å²) in [6.07, 6.45) is 0.380. The average Bonchev–Trinajstić information content (AvgIpc) is 2.21. The first-order valence-electron chi connectivity index (χ1n) is 4.52. The highest BCUT2D eigenvalue weighted by molar-refractivity contribution is 7.99. The van der Waals surface area contributed by atoms with Crippen LogP contribution in [0.15, 0.2) is 23.1 Å². The molecule has 5 heteroatoms. The molecule has 0 heterocycles. The average molecular weight is 228 g/mol. The lowest BCUT2D eigenvalue weighted by molar-refractivity contribution is -0.120. The molecule has 0 radical (unpaired) electrons. The highest BCUT2D eigenvalue weighted by atomic mass is 32.2. The number of carbonyl (C=O) groups excluding carboxylic acids is 1. The summed E-state index contributed by atoms with van der Waals surface area (Å²) < 4.78 is 13.3. The van der Waals surface area contributed by atoms with Gasteiger partial charge in [-0.1, -0.05) is 0 Å². The highest BCUT2D eigenvalue weighted by Gasteiger charge is 2.04. The van der Waals surface area contributed by atoms with E-state index in [4.69, 9.17) is 5.73 Å². The van der Waals surface area contributed by atoms with Crippen molar-refractivity contribution in [1.82, 2.24) is 5.32 Å². The second-order valence-corrected chi connectivity index (χ2v) is 4.10. The van der Waals surface area contributed by atoms with E-state index in [-0.39, 0.29) is 11.7 Å². The first kappa shape index (κ1) is 11.8. The van der Waals surface area contributed by atoms with Gasteiger partial charge in [0.05, 0.1) is 0 Å². The molecule has 3 N–H and O–H groups in total. The van der Waals surface area contributed by atoms with E-state index in [0.717, 1.165) is 0 Å². The summed E-state index contributed by atoms with van der Waals surface area (Å²) in [5.74, 6) is 0.177. The van der Waals surface area contributed by atoms with E-state index in [2.05, 4.69) is 5.32 Å². The number of anilines is 1. The molecule has 0 saturated heterocycles. The zero-order valence-corrected chi connectivity index (χ0v) is 9.23. The molecule has 15 heavy (non-hydrogen) atoms. The molecule has 0 aliphatic carbocycles. The molecule has 0 unspecified atom stereocenters. The SMILES string of the molecule is CNC(=O)CCSc1ccc(N)cc1F. The van der Waals surface area contributed by atoms with E-state index in [1.54, 1.807) is 19.2 Å². The summed E-state index contributed by atoms with van der Waals surface area (Å²) in [4.78, 5) is 11.4. The third-order valence-electron chi connectivity index (χ3n) is 1.82. The van der Waals surface area contributed by atoms with Crippen LogP contribution in [0.4, 0.5) is 10.1 Å². The van der Waals surface area contributed by atoms with Gasteiger partial charge >= 0.3 is 0 Å². The molecule has 3 nitrogen and oxygen atoms in total. The molecule has 0 bridgehead atoms. The van der Waals surface area contributed by atoms with Crippen LogP contribution in [0.3, 0.4) is 0 Å². The van der Waals surface area contributed by atoms with E-state index in [1.807, 2.05) is 0 Å². The topological polar surface area (TPSA) is 55.1 Å². The molecule has 1 aromatic carbocycles. The standard InChI is InChI=1S/C10H13FN2OS/c1-13-10(14)4-5-15-9-3-2-7(12)6-8(9)11/h2-3,6H,4-5,12H2,1H3,(H,13,14). The number of amides is 1. The normalized spacial score (nSPS) is 10.0. The molecular weight excluding hydrogens is 215 g/mol. The van der Waals surface area contributed by atoms with Gasteiger partial charge in [0.1, 0.15) is 5.82 Å². The van der Waals surface area contributed by atoms with Crippen LogP contribution in [-0.4, -0.2) is 18.7 Å². The van der Waals surface area contributed by atoms with Gasteiger partial charge in [0.25, 0.3) is 0 Å². The molecule has 1 rings (SSSR count). The van der Waals surface area contributed by atoms with Gasteiger partial charge in [-0.15, -0.1) is 11.8 Å². The zero-order chi connectivity index (χ0) is 11.3. The first-order chi connectivity index (χ1) is 7.13. The van der Waals surface area contributed by atoms with Crippen molar-refractivity contribution in [3.63, 3.8) is 0 Å². The van der Waals surface area contributed by atoms with Crippen molar-refractivity contribution in [2.45, 2.75) is 11.3 Å². The van der Waals surface area contributed by atoms with Crippen molar-refractivity contribution in [2.75, 3.05) is 18.5 Å². The molecule has 1 amide bonds. The van der Waals surface area contributed by atoms with Crippen LogP contribution in [0, 0.1) is 5.82 Å². The Labute approximate surface area is 92.2 Å². The van der Waals surface area contributed by atoms with Crippen LogP contribution in [-0.2, 0) is 4.79 Å². The Morgan fingerprint density at radius 3 is 2.93 bits per heavy atom. The van der Waals surface area contributed by atoms with Crippen LogP contribution >= 0.6 is 11.8 Å². The summed E-state index contributed by atoms with van der Waals surface area (Å²) in [6, 6.07) is 4.55. The fraction of sp³-hybridized carbons (Fsp3) is 0.300. The Bertz CT molecular complexity index is 357. The second-order valence-electron chi connectivity index (χ2n) is 2.96. The summed E-state index contributed by atoms with van der Waals surface area (Å²) >= 11 is 1.31. The minimum Gasteiger partial charge on any atom is -0.399 e. The summed E-state index contributed by atoms with van der Waals surface area (Å²) in [6.45, 7) is 0. The van der Waals surface area contributed by atoms with Gasteiger partial charge in [0.15, 0.2) is 0 Å². The lowest BCUT2D eigenvalue weighted by atomic mass is 10.3. The predicted molar refractivity (Wildman–Crippen MR) is 60.2 cm³/mol. The number of carbonyl (C=O) groups is 1. The third kappa shape index (κ3) is 3.79. The summed E-state index contributed by atoms with van der Waals surface area (Å²) in [5, 5.41) is 2.51. The second kappa shape index (κ2) is 5.60. The number of nitrogen functional groups attached to an aromatic ring is 1. The minimum absolute atomic E-state index is 0.0432. The van der Waals surface area contributed by atoms with E-state index in [0.29, 0.717) is 22.8 Å². The lowest BCUT2D eigenvalue weighted by Crippen LogP contribution is -2.17. The van der Waals surface area contributed by atoms with Crippen molar-refractivity contribution in [3.8, 4) is 0 Å². The molecule has 0 aliphatic rings. The Morgan fingerprint density at radius 2 is 2.33 bits per heavy atom. The Morgan fingerprint density at radius 1 is 1.60 bits per heavy atom. The van der Waals surface area contributed by atoms with Gasteiger partial charge in [-0.05, 0) is 18.2 Å². The quantitative estimate of drug-likeness (QED) is 0.608. The van der Waals surface area contributed by atoms with Crippen molar-refractivity contribution < 1.29 is 9.18 Å². The molecular formula is C10H13FN2OS. The Kier molecular flexibility index (Phi) is 4.42. The fourth-order valence-electron chi connectivity index (χ4n) is 1.01. The number of nitrogens with one attached hydrogen (secondary N) is 1. The number of halogens is 1. The number of hydrogen-bond donors (Lipinski definition) is 2. The number of benzene rings is 1. The van der Waals surface area contributed by atoms with Crippen LogP contribution < -0.4 is 11.1 Å². The maximum Gasteiger partial charge on any atom is 0.220 e. The van der Waals surface area contributed by atoms with E-state index < -0.39 is 0 Å². The van der Waals surface area contributed by atoms with Crippen molar-refractivity contribution >= 4 is 23.4 Å². The van der Waals surface area contributed by atoms with E-state index >= 15 is 0 Å². The van der Waals surface area contributed by atoms with Crippen molar-refractivity contribution in [1.29, 1.82) is 0 Å². The third-order valence-corrected chi connectivity index (χ3v) is 2.87. The zero-order valence-electron chi connectivity index (χ0n) is 8.42. The van der Waals surface area contributed by atoms with E-state index in [9.17, 15) is 9.18 Å². The maximum absolute atomic E-state index is 13.3. The molecule has 0 atom stereocenters.